The lowest BCUT2D eigenvalue weighted by Crippen LogP contribution is -2.56. The van der Waals surface area contributed by atoms with Crippen molar-refractivity contribution in [3.63, 3.8) is 0 Å². The van der Waals surface area contributed by atoms with Crippen LogP contribution in [-0.4, -0.2) is 29.7 Å². The van der Waals surface area contributed by atoms with Crippen LogP contribution in [0, 0.1) is 12.8 Å². The van der Waals surface area contributed by atoms with Gasteiger partial charge < -0.3 is 10.2 Å². The number of piperidine rings is 3. The Labute approximate surface area is 154 Å². The van der Waals surface area contributed by atoms with Gasteiger partial charge >= 0.3 is 0 Å². The van der Waals surface area contributed by atoms with Crippen LogP contribution in [0.25, 0.3) is 0 Å². The molecule has 4 aliphatic heterocycles. The fourth-order valence-electron chi connectivity index (χ4n) is 4.61. The van der Waals surface area contributed by atoms with Gasteiger partial charge in [-0.25, -0.2) is 0 Å². The lowest BCUT2D eigenvalue weighted by Gasteiger charge is -2.45. The number of nitrogens with one attached hydrogen (secondary N) is 1. The van der Waals surface area contributed by atoms with Crippen molar-refractivity contribution in [2.24, 2.45) is 11.0 Å². The third-order valence-corrected chi connectivity index (χ3v) is 6.06. The predicted octanol–water partition coefficient (Wildman–Crippen LogP) is 3.67. The highest BCUT2D eigenvalue weighted by atomic mass is 16.5. The average molecular weight is 347 g/mol. The summed E-state index contributed by atoms with van der Waals surface area (Å²) < 4.78 is 6.23. The van der Waals surface area contributed by atoms with Crippen LogP contribution in [-0.2, 0) is 6.61 Å². The summed E-state index contributed by atoms with van der Waals surface area (Å²) in [5, 5.41) is 4.74. The highest BCUT2D eigenvalue weighted by Gasteiger charge is 2.47. The van der Waals surface area contributed by atoms with Gasteiger partial charge in [-0.15, -0.1) is 0 Å². The molecule has 2 aromatic rings. The molecule has 2 aromatic carbocycles. The van der Waals surface area contributed by atoms with E-state index >= 15 is 0 Å². The minimum absolute atomic E-state index is 0.197. The molecule has 2 atom stereocenters. The Kier molecular flexibility index (Phi) is 3.93. The van der Waals surface area contributed by atoms with E-state index in [4.69, 9.17) is 9.84 Å². The van der Waals surface area contributed by atoms with E-state index in [2.05, 4.69) is 65.8 Å². The summed E-state index contributed by atoms with van der Waals surface area (Å²) in [6, 6.07) is 17.6. The summed E-state index contributed by atoms with van der Waals surface area (Å²) in [6.07, 6.45) is 2.52. The zero-order chi connectivity index (χ0) is 17.5. The van der Waals surface area contributed by atoms with Crippen LogP contribution in [0.4, 0.5) is 0 Å². The summed E-state index contributed by atoms with van der Waals surface area (Å²) >= 11 is 0. The van der Waals surface area contributed by atoms with E-state index in [-0.39, 0.29) is 6.04 Å². The van der Waals surface area contributed by atoms with Gasteiger partial charge in [-0.3, -0.25) is 4.90 Å². The first-order valence-corrected chi connectivity index (χ1v) is 9.64. The lowest BCUT2D eigenvalue weighted by atomic mass is 9.78. The Hall–Kier alpha value is -2.33. The molecule has 6 rings (SSSR count). The van der Waals surface area contributed by atoms with Crippen LogP contribution in [0.3, 0.4) is 0 Å². The van der Waals surface area contributed by atoms with E-state index in [1.54, 1.807) is 0 Å². The summed E-state index contributed by atoms with van der Waals surface area (Å²) in [5.41, 5.74) is 8.48. The standard InChI is InChI=1S/C22H25N3O/c1-15-6-8-16(9-7-15)14-26-19-5-3-2-4-18(19)21-22-20(23-24-21)17-10-12-25(22)13-11-17/h2-9,17,21-22,24H,10-14H2,1H3. The minimum Gasteiger partial charge on any atom is -0.489 e. The molecular formula is C22H25N3O. The molecule has 3 saturated heterocycles. The van der Waals surface area contributed by atoms with Crippen molar-refractivity contribution in [2.45, 2.75) is 38.5 Å². The number of para-hydroxylation sites is 1. The SMILES string of the molecule is Cc1ccc(COc2ccccc2C2NN=C3C4CCN(CC4)C32)cc1. The van der Waals surface area contributed by atoms with Crippen LogP contribution >= 0.6 is 0 Å². The van der Waals surface area contributed by atoms with Gasteiger partial charge in [0.25, 0.3) is 0 Å². The molecule has 4 heterocycles. The molecule has 0 aliphatic carbocycles. The van der Waals surface area contributed by atoms with Crippen molar-refractivity contribution in [2.75, 3.05) is 13.1 Å². The van der Waals surface area contributed by atoms with E-state index in [1.165, 1.54) is 48.3 Å². The molecule has 4 nitrogen and oxygen atoms in total. The summed E-state index contributed by atoms with van der Waals surface area (Å²) in [5.74, 6) is 1.63. The van der Waals surface area contributed by atoms with E-state index in [0.29, 0.717) is 18.6 Å². The van der Waals surface area contributed by atoms with Gasteiger partial charge in [0.15, 0.2) is 0 Å². The second-order valence-electron chi connectivity index (χ2n) is 7.71. The first-order chi connectivity index (χ1) is 12.8. The van der Waals surface area contributed by atoms with Crippen LogP contribution in [0.15, 0.2) is 53.6 Å². The molecule has 4 heteroatoms. The minimum atomic E-state index is 0.197. The predicted molar refractivity (Wildman–Crippen MR) is 103 cm³/mol. The molecule has 0 amide bonds. The van der Waals surface area contributed by atoms with Gasteiger partial charge in [0.2, 0.25) is 0 Å². The second kappa shape index (κ2) is 6.44. The van der Waals surface area contributed by atoms with E-state index in [1.807, 2.05) is 0 Å². The van der Waals surface area contributed by atoms with Gasteiger partial charge in [0, 0.05) is 11.5 Å². The molecule has 2 unspecified atom stereocenters. The van der Waals surface area contributed by atoms with E-state index in [0.717, 1.165) is 5.75 Å². The largest absolute Gasteiger partial charge is 0.489 e. The van der Waals surface area contributed by atoms with Crippen LogP contribution in [0.2, 0.25) is 0 Å². The number of hydrazone groups is 1. The first kappa shape index (κ1) is 15.9. The summed E-state index contributed by atoms with van der Waals surface area (Å²) in [4.78, 5) is 2.60. The third-order valence-electron chi connectivity index (χ3n) is 6.06. The molecule has 1 N–H and O–H groups in total. The van der Waals surface area contributed by atoms with Crippen LogP contribution < -0.4 is 10.2 Å². The first-order valence-electron chi connectivity index (χ1n) is 9.64. The number of benzene rings is 2. The highest BCUT2D eigenvalue weighted by Crippen LogP contribution is 2.41. The highest BCUT2D eigenvalue weighted by molar-refractivity contribution is 5.95. The van der Waals surface area contributed by atoms with Gasteiger partial charge in [-0.05, 0) is 44.5 Å². The van der Waals surface area contributed by atoms with Crippen molar-refractivity contribution < 1.29 is 4.74 Å². The number of aryl methyl sites for hydroxylation is 1. The number of nitrogens with zero attached hydrogens (tertiary/aromatic N) is 2. The summed E-state index contributed by atoms with van der Waals surface area (Å²) in [6.45, 7) is 5.09. The molecule has 4 aliphatic rings. The monoisotopic (exact) mass is 347 g/mol. The maximum absolute atomic E-state index is 6.23. The zero-order valence-corrected chi connectivity index (χ0v) is 15.2. The fraction of sp³-hybridized carbons (Fsp3) is 0.409. The molecule has 2 bridgehead atoms. The van der Waals surface area contributed by atoms with Gasteiger partial charge in [-0.1, -0.05) is 48.0 Å². The molecule has 3 fully saturated rings. The Balaban J connectivity index is 1.38. The van der Waals surface area contributed by atoms with Crippen molar-refractivity contribution in [3.8, 4) is 5.75 Å². The Morgan fingerprint density at radius 1 is 1.08 bits per heavy atom. The lowest BCUT2D eigenvalue weighted by molar-refractivity contribution is 0.132. The van der Waals surface area contributed by atoms with Crippen molar-refractivity contribution in [1.29, 1.82) is 0 Å². The van der Waals surface area contributed by atoms with Crippen molar-refractivity contribution in [3.05, 3.63) is 65.2 Å². The molecule has 0 radical (unpaired) electrons. The zero-order valence-electron chi connectivity index (χ0n) is 15.2. The average Bonchev–Trinajstić information content (AvgIpc) is 3.16. The van der Waals surface area contributed by atoms with E-state index < -0.39 is 0 Å². The topological polar surface area (TPSA) is 36.9 Å². The third kappa shape index (κ3) is 2.69. The summed E-state index contributed by atoms with van der Waals surface area (Å²) in [7, 11) is 0. The maximum Gasteiger partial charge on any atom is 0.125 e. The van der Waals surface area contributed by atoms with Gasteiger partial charge in [-0.2, -0.15) is 5.10 Å². The van der Waals surface area contributed by atoms with Gasteiger partial charge in [0.05, 0.1) is 17.8 Å². The molecule has 134 valence electrons. The quantitative estimate of drug-likeness (QED) is 0.917. The maximum atomic E-state index is 6.23. The molecule has 0 saturated carbocycles. The number of rotatable bonds is 4. The van der Waals surface area contributed by atoms with Crippen molar-refractivity contribution >= 4 is 5.71 Å². The van der Waals surface area contributed by atoms with Crippen LogP contribution in [0.5, 0.6) is 5.75 Å². The fourth-order valence-corrected chi connectivity index (χ4v) is 4.61. The number of hydrogen-bond donors (Lipinski definition) is 1. The molecular weight excluding hydrogens is 322 g/mol. The molecule has 26 heavy (non-hydrogen) atoms. The smallest absolute Gasteiger partial charge is 0.125 e. The Morgan fingerprint density at radius 2 is 1.85 bits per heavy atom. The molecule has 0 aromatic heterocycles. The Morgan fingerprint density at radius 3 is 2.65 bits per heavy atom. The number of hydrogen-bond acceptors (Lipinski definition) is 4. The van der Waals surface area contributed by atoms with E-state index in [9.17, 15) is 0 Å². The number of fused-ring (bicyclic) bond motifs is 2. The number of ether oxygens (including phenoxy) is 1. The molecule has 0 spiro atoms. The normalized spacial score (nSPS) is 29.0. The van der Waals surface area contributed by atoms with Crippen molar-refractivity contribution in [1.82, 2.24) is 10.3 Å². The second-order valence-corrected chi connectivity index (χ2v) is 7.71. The Bertz CT molecular complexity index is 822. The van der Waals surface area contributed by atoms with Crippen LogP contribution in [0.1, 0.15) is 35.6 Å². The van der Waals surface area contributed by atoms with Gasteiger partial charge in [0.1, 0.15) is 12.4 Å².